The molecule has 3 nitrogen and oxygen atoms in total. The van der Waals surface area contributed by atoms with E-state index in [0.29, 0.717) is 11.4 Å². The zero-order valence-electron chi connectivity index (χ0n) is 8.24. The number of hydrogen-bond acceptors (Lipinski definition) is 3. The summed E-state index contributed by atoms with van der Waals surface area (Å²) < 4.78 is 5.16. The van der Waals surface area contributed by atoms with E-state index >= 15 is 0 Å². The van der Waals surface area contributed by atoms with E-state index in [1.807, 2.05) is 38.1 Å². The van der Waals surface area contributed by atoms with Crippen LogP contribution >= 0.6 is 0 Å². The van der Waals surface area contributed by atoms with Gasteiger partial charge in [-0.1, -0.05) is 28.9 Å². The Morgan fingerprint density at radius 2 is 2.07 bits per heavy atom. The van der Waals surface area contributed by atoms with Crippen molar-refractivity contribution in [2.75, 3.05) is 5.73 Å². The maximum absolute atomic E-state index is 5.83. The summed E-state index contributed by atoms with van der Waals surface area (Å²) >= 11 is 0. The summed E-state index contributed by atoms with van der Waals surface area (Å²) in [6, 6.07) is 7.99. The first-order chi connectivity index (χ1) is 6.68. The average molecular weight is 188 g/mol. The van der Waals surface area contributed by atoms with Crippen LogP contribution < -0.4 is 5.73 Å². The van der Waals surface area contributed by atoms with Crippen molar-refractivity contribution in [1.29, 1.82) is 0 Å². The second kappa shape index (κ2) is 3.18. The molecular formula is C11H12N2O. The molecule has 0 aliphatic heterocycles. The first-order valence-corrected chi connectivity index (χ1v) is 4.47. The van der Waals surface area contributed by atoms with Crippen LogP contribution in [0.1, 0.15) is 11.3 Å². The molecule has 0 saturated carbocycles. The van der Waals surface area contributed by atoms with Crippen LogP contribution in [0.25, 0.3) is 11.3 Å². The Balaban J connectivity index is 2.55. The molecule has 0 radical (unpaired) electrons. The molecule has 2 N–H and O–H groups in total. The molecule has 0 unspecified atom stereocenters. The number of aromatic nitrogens is 1. The number of nitrogens with zero attached hydrogens (tertiary/aromatic N) is 1. The number of aryl methyl sites for hydroxylation is 2. The van der Waals surface area contributed by atoms with Crippen LogP contribution in [0.3, 0.4) is 0 Å². The number of rotatable bonds is 1. The molecule has 1 aromatic heterocycles. The number of benzene rings is 1. The van der Waals surface area contributed by atoms with Gasteiger partial charge in [0.15, 0.2) is 5.76 Å². The number of hydrogen-bond donors (Lipinski definition) is 1. The molecule has 14 heavy (non-hydrogen) atoms. The Bertz CT molecular complexity index is 460. The largest absolute Gasteiger partial charge is 0.394 e. The van der Waals surface area contributed by atoms with Crippen molar-refractivity contribution in [3.05, 3.63) is 35.5 Å². The minimum atomic E-state index is 0.621. The highest BCUT2D eigenvalue weighted by atomic mass is 16.5. The van der Waals surface area contributed by atoms with Crippen molar-refractivity contribution < 1.29 is 4.52 Å². The molecule has 0 bridgehead atoms. The summed E-state index contributed by atoms with van der Waals surface area (Å²) in [7, 11) is 0. The minimum absolute atomic E-state index is 0.621. The van der Waals surface area contributed by atoms with Gasteiger partial charge in [0, 0.05) is 5.56 Å². The normalized spacial score (nSPS) is 10.4. The van der Waals surface area contributed by atoms with Crippen LogP contribution in [-0.2, 0) is 0 Å². The smallest absolute Gasteiger partial charge is 0.190 e. The van der Waals surface area contributed by atoms with Crippen LogP contribution in [0, 0.1) is 13.8 Å². The quantitative estimate of drug-likeness (QED) is 0.748. The fourth-order valence-corrected chi connectivity index (χ4v) is 1.37. The molecule has 0 aliphatic carbocycles. The average Bonchev–Trinajstić information content (AvgIpc) is 2.48. The Labute approximate surface area is 82.5 Å². The van der Waals surface area contributed by atoms with Gasteiger partial charge in [-0.15, -0.1) is 0 Å². The third kappa shape index (κ3) is 1.37. The monoisotopic (exact) mass is 188 g/mol. The molecule has 0 atom stereocenters. The second-order valence-electron chi connectivity index (χ2n) is 3.38. The van der Waals surface area contributed by atoms with Crippen molar-refractivity contribution in [3.63, 3.8) is 0 Å². The molecule has 0 aliphatic rings. The second-order valence-corrected chi connectivity index (χ2v) is 3.38. The first-order valence-electron chi connectivity index (χ1n) is 4.47. The van der Waals surface area contributed by atoms with Crippen molar-refractivity contribution in [2.24, 2.45) is 0 Å². The first kappa shape index (κ1) is 8.81. The summed E-state index contributed by atoms with van der Waals surface area (Å²) in [5.74, 6) is 0.659. The predicted molar refractivity (Wildman–Crippen MR) is 55.8 cm³/mol. The maximum Gasteiger partial charge on any atom is 0.190 e. The Kier molecular flexibility index (Phi) is 2.00. The highest BCUT2D eigenvalue weighted by Gasteiger charge is 2.11. The number of anilines is 1. The van der Waals surface area contributed by atoms with Crippen LogP contribution in [0.15, 0.2) is 28.8 Å². The fourth-order valence-electron chi connectivity index (χ4n) is 1.37. The summed E-state index contributed by atoms with van der Waals surface area (Å²) in [5.41, 5.74) is 9.34. The lowest BCUT2D eigenvalue weighted by Gasteiger charge is -1.98. The molecule has 72 valence electrons. The van der Waals surface area contributed by atoms with E-state index in [0.717, 1.165) is 11.3 Å². The zero-order valence-corrected chi connectivity index (χ0v) is 8.24. The van der Waals surface area contributed by atoms with Crippen LogP contribution in [-0.4, -0.2) is 5.16 Å². The molecule has 0 saturated heterocycles. The van der Waals surface area contributed by atoms with Crippen LogP contribution in [0.5, 0.6) is 0 Å². The van der Waals surface area contributed by atoms with Crippen molar-refractivity contribution >= 4 is 5.69 Å². The van der Waals surface area contributed by atoms with Gasteiger partial charge in [0.25, 0.3) is 0 Å². The van der Waals surface area contributed by atoms with Gasteiger partial charge < -0.3 is 10.3 Å². The standard InChI is InChI=1S/C11H12N2O/c1-7-4-3-5-9(6-7)11-10(12)8(2)13-14-11/h3-6H,12H2,1-2H3. The molecule has 1 aromatic carbocycles. The van der Waals surface area contributed by atoms with Crippen LogP contribution in [0.4, 0.5) is 5.69 Å². The SMILES string of the molecule is Cc1cccc(-c2onc(C)c2N)c1. The van der Waals surface area contributed by atoms with Gasteiger partial charge in [0.2, 0.25) is 0 Å². The third-order valence-corrected chi connectivity index (χ3v) is 2.19. The van der Waals surface area contributed by atoms with E-state index < -0.39 is 0 Å². The molecule has 3 heteroatoms. The highest BCUT2D eigenvalue weighted by Crippen LogP contribution is 2.28. The molecule has 1 heterocycles. The van der Waals surface area contributed by atoms with Crippen LogP contribution in [0.2, 0.25) is 0 Å². The maximum atomic E-state index is 5.83. The van der Waals surface area contributed by atoms with E-state index in [9.17, 15) is 0 Å². The molecule has 2 aromatic rings. The van der Waals surface area contributed by atoms with Crippen molar-refractivity contribution in [2.45, 2.75) is 13.8 Å². The van der Waals surface area contributed by atoms with E-state index in [-0.39, 0.29) is 0 Å². The van der Waals surface area contributed by atoms with Gasteiger partial charge in [0.05, 0.1) is 0 Å². The number of nitrogen functional groups attached to an aromatic ring is 1. The van der Waals surface area contributed by atoms with Gasteiger partial charge in [-0.25, -0.2) is 0 Å². The Morgan fingerprint density at radius 3 is 2.64 bits per heavy atom. The van der Waals surface area contributed by atoms with E-state index in [1.165, 1.54) is 5.56 Å². The molecule has 0 amide bonds. The molecule has 2 rings (SSSR count). The van der Waals surface area contributed by atoms with Gasteiger partial charge >= 0.3 is 0 Å². The summed E-state index contributed by atoms with van der Waals surface area (Å²) in [5, 5.41) is 3.82. The lowest BCUT2D eigenvalue weighted by Crippen LogP contribution is -1.88. The minimum Gasteiger partial charge on any atom is -0.394 e. The van der Waals surface area contributed by atoms with Crippen molar-refractivity contribution in [1.82, 2.24) is 5.16 Å². The van der Waals surface area contributed by atoms with Gasteiger partial charge in [-0.2, -0.15) is 0 Å². The molecule has 0 fully saturated rings. The summed E-state index contributed by atoms with van der Waals surface area (Å²) in [6.45, 7) is 3.86. The third-order valence-electron chi connectivity index (χ3n) is 2.19. The molecule has 0 spiro atoms. The highest BCUT2D eigenvalue weighted by molar-refractivity contribution is 5.72. The topological polar surface area (TPSA) is 52.0 Å². The lowest BCUT2D eigenvalue weighted by molar-refractivity contribution is 0.427. The number of nitrogens with two attached hydrogens (primary N) is 1. The van der Waals surface area contributed by atoms with E-state index in [1.54, 1.807) is 0 Å². The van der Waals surface area contributed by atoms with Crippen molar-refractivity contribution in [3.8, 4) is 11.3 Å². The fraction of sp³-hybridized carbons (Fsp3) is 0.182. The molecular weight excluding hydrogens is 176 g/mol. The van der Waals surface area contributed by atoms with Gasteiger partial charge in [-0.3, -0.25) is 0 Å². The summed E-state index contributed by atoms with van der Waals surface area (Å²) in [6.07, 6.45) is 0. The van der Waals surface area contributed by atoms with E-state index in [4.69, 9.17) is 10.3 Å². The zero-order chi connectivity index (χ0) is 10.1. The van der Waals surface area contributed by atoms with Gasteiger partial charge in [0.1, 0.15) is 11.4 Å². The van der Waals surface area contributed by atoms with E-state index in [2.05, 4.69) is 5.16 Å². The Morgan fingerprint density at radius 1 is 1.29 bits per heavy atom. The summed E-state index contributed by atoms with van der Waals surface area (Å²) in [4.78, 5) is 0. The Hall–Kier alpha value is -1.77. The lowest BCUT2D eigenvalue weighted by atomic mass is 10.1. The predicted octanol–water partition coefficient (Wildman–Crippen LogP) is 2.54. The van der Waals surface area contributed by atoms with Gasteiger partial charge in [-0.05, 0) is 19.9 Å².